The topological polar surface area (TPSA) is 95.6 Å². The highest BCUT2D eigenvalue weighted by Gasteiger charge is 2.35. The van der Waals surface area contributed by atoms with E-state index in [0.717, 1.165) is 5.69 Å². The molecule has 7 nitrogen and oxygen atoms in total. The van der Waals surface area contributed by atoms with E-state index in [2.05, 4.69) is 10.0 Å². The molecule has 28 heavy (non-hydrogen) atoms. The van der Waals surface area contributed by atoms with Gasteiger partial charge in [-0.2, -0.15) is 0 Å². The molecule has 2 aromatic carbocycles. The molecular weight excluding hydrogens is 378 g/mol. The monoisotopic (exact) mass is 401 g/mol. The van der Waals surface area contributed by atoms with Gasteiger partial charge in [-0.3, -0.25) is 9.59 Å². The summed E-state index contributed by atoms with van der Waals surface area (Å²) in [6.45, 7) is 2.57. The predicted molar refractivity (Wildman–Crippen MR) is 107 cm³/mol. The van der Waals surface area contributed by atoms with Crippen molar-refractivity contribution >= 4 is 33.2 Å². The third-order valence-electron chi connectivity index (χ3n) is 4.54. The summed E-state index contributed by atoms with van der Waals surface area (Å²) in [7, 11) is -3.54. The van der Waals surface area contributed by atoms with Crippen molar-refractivity contribution in [3.05, 3.63) is 54.6 Å². The predicted octanol–water partition coefficient (Wildman–Crippen LogP) is 2.37. The van der Waals surface area contributed by atoms with Crippen LogP contribution in [0.2, 0.25) is 0 Å². The Labute approximate surface area is 164 Å². The number of carbonyl (C=O) groups excluding carboxylic acids is 2. The molecule has 2 N–H and O–H groups in total. The van der Waals surface area contributed by atoms with Crippen LogP contribution in [-0.2, 0) is 19.6 Å². The third-order valence-corrected chi connectivity index (χ3v) is 6.01. The quantitative estimate of drug-likeness (QED) is 0.745. The SMILES string of the molecule is CCCNS(=O)(=O)c1ccc(NC(=O)C2CC(=O)N(c3ccccc3)C2)cc1. The van der Waals surface area contributed by atoms with Crippen molar-refractivity contribution in [3.63, 3.8) is 0 Å². The summed E-state index contributed by atoms with van der Waals surface area (Å²) in [5.41, 5.74) is 1.27. The van der Waals surface area contributed by atoms with Crippen LogP contribution in [-0.4, -0.2) is 33.3 Å². The summed E-state index contributed by atoms with van der Waals surface area (Å²) in [6, 6.07) is 15.2. The van der Waals surface area contributed by atoms with Gasteiger partial charge in [-0.25, -0.2) is 13.1 Å². The zero-order chi connectivity index (χ0) is 20.1. The molecule has 1 aliphatic heterocycles. The summed E-state index contributed by atoms with van der Waals surface area (Å²) in [6.07, 6.45) is 0.849. The summed E-state index contributed by atoms with van der Waals surface area (Å²) >= 11 is 0. The normalized spacial score (nSPS) is 17.0. The molecular formula is C20H23N3O4S. The van der Waals surface area contributed by atoms with Gasteiger partial charge in [0.15, 0.2) is 0 Å². The van der Waals surface area contributed by atoms with Crippen molar-refractivity contribution in [1.29, 1.82) is 0 Å². The summed E-state index contributed by atoms with van der Waals surface area (Å²) in [5, 5.41) is 2.77. The van der Waals surface area contributed by atoms with Crippen LogP contribution >= 0.6 is 0 Å². The van der Waals surface area contributed by atoms with Crippen molar-refractivity contribution in [3.8, 4) is 0 Å². The minimum absolute atomic E-state index is 0.0882. The fourth-order valence-electron chi connectivity index (χ4n) is 3.02. The van der Waals surface area contributed by atoms with E-state index < -0.39 is 15.9 Å². The van der Waals surface area contributed by atoms with Gasteiger partial charge in [-0.15, -0.1) is 0 Å². The average Bonchev–Trinajstić information content (AvgIpc) is 3.09. The van der Waals surface area contributed by atoms with E-state index in [9.17, 15) is 18.0 Å². The van der Waals surface area contributed by atoms with Crippen LogP contribution in [0.5, 0.6) is 0 Å². The van der Waals surface area contributed by atoms with Crippen molar-refractivity contribution in [2.24, 2.45) is 5.92 Å². The van der Waals surface area contributed by atoms with Gasteiger partial charge in [-0.1, -0.05) is 25.1 Å². The third kappa shape index (κ3) is 4.58. The van der Waals surface area contributed by atoms with Crippen molar-refractivity contribution in [2.45, 2.75) is 24.7 Å². The summed E-state index contributed by atoms with van der Waals surface area (Å²) in [5.74, 6) is -0.802. The minimum atomic E-state index is -3.54. The lowest BCUT2D eigenvalue weighted by molar-refractivity contribution is -0.122. The van der Waals surface area contributed by atoms with E-state index in [0.29, 0.717) is 25.2 Å². The Bertz CT molecular complexity index is 943. The Balaban J connectivity index is 1.63. The minimum Gasteiger partial charge on any atom is -0.326 e. The first-order valence-electron chi connectivity index (χ1n) is 9.16. The first-order valence-corrected chi connectivity index (χ1v) is 10.6. The second-order valence-corrected chi connectivity index (χ2v) is 8.42. The molecule has 3 rings (SSSR count). The number of para-hydroxylation sites is 1. The number of nitrogens with zero attached hydrogens (tertiary/aromatic N) is 1. The lowest BCUT2D eigenvalue weighted by Gasteiger charge is -2.16. The summed E-state index contributed by atoms with van der Waals surface area (Å²) in [4.78, 5) is 26.5. The summed E-state index contributed by atoms with van der Waals surface area (Å²) < 4.78 is 26.7. The molecule has 0 aliphatic carbocycles. The zero-order valence-corrected chi connectivity index (χ0v) is 16.4. The molecule has 0 radical (unpaired) electrons. The van der Waals surface area contributed by atoms with E-state index in [1.54, 1.807) is 17.0 Å². The molecule has 2 amide bonds. The molecule has 1 saturated heterocycles. The Morgan fingerprint density at radius 1 is 1.11 bits per heavy atom. The molecule has 1 aliphatic rings. The van der Waals surface area contributed by atoms with Crippen LogP contribution < -0.4 is 14.9 Å². The maximum absolute atomic E-state index is 12.5. The number of benzene rings is 2. The Morgan fingerprint density at radius 2 is 1.79 bits per heavy atom. The molecule has 1 atom stereocenters. The van der Waals surface area contributed by atoms with Gasteiger partial charge in [0.25, 0.3) is 0 Å². The van der Waals surface area contributed by atoms with Crippen molar-refractivity contribution in [2.75, 3.05) is 23.3 Å². The van der Waals surface area contributed by atoms with Crippen LogP contribution in [0.4, 0.5) is 11.4 Å². The maximum atomic E-state index is 12.5. The lowest BCUT2D eigenvalue weighted by atomic mass is 10.1. The second-order valence-electron chi connectivity index (χ2n) is 6.65. The standard InChI is InChI=1S/C20H23N3O4S/c1-2-12-21-28(26,27)18-10-8-16(9-11-18)22-20(25)15-13-19(24)23(14-15)17-6-4-3-5-7-17/h3-11,15,21H,2,12-14H2,1H3,(H,22,25). The maximum Gasteiger partial charge on any atom is 0.240 e. The molecule has 148 valence electrons. The van der Waals surface area contributed by atoms with Gasteiger partial charge < -0.3 is 10.2 Å². The average molecular weight is 401 g/mol. The van der Waals surface area contributed by atoms with Gasteiger partial charge >= 0.3 is 0 Å². The molecule has 1 unspecified atom stereocenters. The molecule has 0 spiro atoms. The van der Waals surface area contributed by atoms with Crippen LogP contribution in [0.3, 0.4) is 0 Å². The number of nitrogens with one attached hydrogen (secondary N) is 2. The van der Waals surface area contributed by atoms with Crippen LogP contribution in [0.1, 0.15) is 19.8 Å². The first-order chi connectivity index (χ1) is 13.4. The molecule has 1 fully saturated rings. The number of sulfonamides is 1. The van der Waals surface area contributed by atoms with Gasteiger partial charge in [0.2, 0.25) is 21.8 Å². The molecule has 8 heteroatoms. The molecule has 1 heterocycles. The first kappa shape index (κ1) is 20.0. The van der Waals surface area contributed by atoms with E-state index >= 15 is 0 Å². The fourth-order valence-corrected chi connectivity index (χ4v) is 4.16. The fraction of sp³-hybridized carbons (Fsp3) is 0.300. The highest BCUT2D eigenvalue weighted by molar-refractivity contribution is 7.89. The van der Waals surface area contributed by atoms with E-state index in [-0.39, 0.29) is 23.1 Å². The van der Waals surface area contributed by atoms with E-state index in [4.69, 9.17) is 0 Å². The van der Waals surface area contributed by atoms with Gasteiger partial charge in [0, 0.05) is 30.9 Å². The van der Waals surface area contributed by atoms with Gasteiger partial charge in [0.05, 0.1) is 10.8 Å². The van der Waals surface area contributed by atoms with Gasteiger partial charge in [0.1, 0.15) is 0 Å². The Morgan fingerprint density at radius 3 is 2.43 bits per heavy atom. The number of rotatable bonds is 7. The number of amides is 2. The zero-order valence-electron chi connectivity index (χ0n) is 15.6. The van der Waals surface area contributed by atoms with Gasteiger partial charge in [-0.05, 0) is 42.8 Å². The second kappa shape index (κ2) is 8.53. The molecule has 0 bridgehead atoms. The molecule has 0 saturated carbocycles. The van der Waals surface area contributed by atoms with Crippen molar-refractivity contribution in [1.82, 2.24) is 4.72 Å². The van der Waals surface area contributed by atoms with E-state index in [1.165, 1.54) is 12.1 Å². The van der Waals surface area contributed by atoms with Crippen LogP contribution in [0.15, 0.2) is 59.5 Å². The van der Waals surface area contributed by atoms with E-state index in [1.807, 2.05) is 37.3 Å². The molecule has 0 aromatic heterocycles. The van der Waals surface area contributed by atoms with Crippen molar-refractivity contribution < 1.29 is 18.0 Å². The van der Waals surface area contributed by atoms with Crippen LogP contribution in [0.25, 0.3) is 0 Å². The Kier molecular flexibility index (Phi) is 6.11. The highest BCUT2D eigenvalue weighted by Crippen LogP contribution is 2.26. The number of carbonyl (C=O) groups is 2. The smallest absolute Gasteiger partial charge is 0.240 e. The number of anilines is 2. The number of hydrogen-bond donors (Lipinski definition) is 2. The lowest BCUT2D eigenvalue weighted by Crippen LogP contribution is -2.28. The number of hydrogen-bond acceptors (Lipinski definition) is 4. The molecule has 2 aromatic rings. The highest BCUT2D eigenvalue weighted by atomic mass is 32.2. The largest absolute Gasteiger partial charge is 0.326 e. The van der Waals surface area contributed by atoms with Crippen LogP contribution in [0, 0.1) is 5.92 Å². The Hall–Kier alpha value is -2.71.